The lowest BCUT2D eigenvalue weighted by Crippen LogP contribution is -2.42. The molecule has 30 heavy (non-hydrogen) atoms. The van der Waals surface area contributed by atoms with E-state index in [1.54, 1.807) is 0 Å². The van der Waals surface area contributed by atoms with E-state index < -0.39 is 0 Å². The molecule has 3 heterocycles. The third-order valence-corrected chi connectivity index (χ3v) is 6.77. The van der Waals surface area contributed by atoms with E-state index in [9.17, 15) is 4.79 Å². The normalized spacial score (nSPS) is 17.8. The molecule has 0 saturated carbocycles. The van der Waals surface area contributed by atoms with Crippen molar-refractivity contribution >= 4 is 22.9 Å². The first-order valence-corrected chi connectivity index (χ1v) is 11.2. The maximum Gasteiger partial charge on any atom is 0.225 e. The van der Waals surface area contributed by atoms with E-state index >= 15 is 0 Å². The van der Waals surface area contributed by atoms with Gasteiger partial charge in [-0.3, -0.25) is 4.79 Å². The Kier molecular flexibility index (Phi) is 5.19. The maximum absolute atomic E-state index is 12.8. The van der Waals surface area contributed by atoms with Crippen molar-refractivity contribution in [2.45, 2.75) is 39.2 Å². The number of aromatic nitrogens is 2. The second-order valence-electron chi connectivity index (χ2n) is 8.71. The lowest BCUT2D eigenvalue weighted by Gasteiger charge is -2.34. The zero-order valence-corrected chi connectivity index (χ0v) is 17.8. The molecule has 0 spiro atoms. The van der Waals surface area contributed by atoms with Crippen LogP contribution >= 0.6 is 0 Å². The average Bonchev–Trinajstić information content (AvgIpc) is 3.44. The SMILES string of the molecule is Cc1ccccc1Cn1c(N2CCC(C(=O)N3CCCC3)CC2)nc2ccccc21. The van der Waals surface area contributed by atoms with Crippen LogP contribution in [0.25, 0.3) is 11.0 Å². The summed E-state index contributed by atoms with van der Waals surface area (Å²) in [4.78, 5) is 22.3. The zero-order chi connectivity index (χ0) is 20.5. The zero-order valence-electron chi connectivity index (χ0n) is 17.8. The number of carbonyl (C=O) groups excluding carboxylic acids is 1. The minimum atomic E-state index is 0.175. The maximum atomic E-state index is 12.8. The molecule has 2 aromatic carbocycles. The van der Waals surface area contributed by atoms with Crippen molar-refractivity contribution < 1.29 is 4.79 Å². The van der Waals surface area contributed by atoms with Gasteiger partial charge in [-0.15, -0.1) is 0 Å². The molecule has 156 valence electrons. The summed E-state index contributed by atoms with van der Waals surface area (Å²) in [5.41, 5.74) is 4.83. The van der Waals surface area contributed by atoms with Crippen LogP contribution in [0.15, 0.2) is 48.5 Å². The Hall–Kier alpha value is -2.82. The number of amides is 1. The molecule has 5 heteroatoms. The van der Waals surface area contributed by atoms with Crippen molar-refractivity contribution in [1.29, 1.82) is 0 Å². The average molecular weight is 403 g/mol. The lowest BCUT2D eigenvalue weighted by molar-refractivity contribution is -0.135. The van der Waals surface area contributed by atoms with E-state index in [0.717, 1.165) is 69.9 Å². The molecule has 0 unspecified atom stereocenters. The molecule has 3 aromatic rings. The number of fused-ring (bicyclic) bond motifs is 1. The van der Waals surface area contributed by atoms with Gasteiger partial charge in [0.05, 0.1) is 17.6 Å². The van der Waals surface area contributed by atoms with Crippen LogP contribution in [-0.4, -0.2) is 46.5 Å². The number of hydrogen-bond donors (Lipinski definition) is 0. The van der Waals surface area contributed by atoms with Crippen LogP contribution in [0.4, 0.5) is 5.95 Å². The van der Waals surface area contributed by atoms with Crippen LogP contribution in [0.3, 0.4) is 0 Å². The highest BCUT2D eigenvalue weighted by atomic mass is 16.2. The fourth-order valence-electron chi connectivity index (χ4n) is 4.94. The minimum Gasteiger partial charge on any atom is -0.342 e. The van der Waals surface area contributed by atoms with Gasteiger partial charge in [0.2, 0.25) is 11.9 Å². The Morgan fingerprint density at radius 2 is 1.67 bits per heavy atom. The third kappa shape index (κ3) is 3.57. The Balaban J connectivity index is 1.39. The first-order chi connectivity index (χ1) is 14.7. The van der Waals surface area contributed by atoms with E-state index in [0.29, 0.717) is 5.91 Å². The number of aryl methyl sites for hydroxylation is 1. The highest BCUT2D eigenvalue weighted by molar-refractivity contribution is 5.80. The topological polar surface area (TPSA) is 41.4 Å². The number of benzene rings is 2. The van der Waals surface area contributed by atoms with Crippen LogP contribution < -0.4 is 4.90 Å². The lowest BCUT2D eigenvalue weighted by atomic mass is 9.95. The first kappa shape index (κ1) is 19.2. The number of rotatable bonds is 4. The van der Waals surface area contributed by atoms with Crippen molar-refractivity contribution in [3.8, 4) is 0 Å². The van der Waals surface area contributed by atoms with Crippen LogP contribution in [-0.2, 0) is 11.3 Å². The molecule has 2 aliphatic rings. The summed E-state index contributed by atoms with van der Waals surface area (Å²) in [7, 11) is 0. The van der Waals surface area contributed by atoms with Crippen molar-refractivity contribution in [1.82, 2.24) is 14.5 Å². The van der Waals surface area contributed by atoms with Gasteiger partial charge in [-0.1, -0.05) is 36.4 Å². The molecule has 5 rings (SSSR count). The summed E-state index contributed by atoms with van der Waals surface area (Å²) in [6.07, 6.45) is 4.16. The number of para-hydroxylation sites is 2. The summed E-state index contributed by atoms with van der Waals surface area (Å²) in [6.45, 7) is 6.66. The molecule has 5 nitrogen and oxygen atoms in total. The van der Waals surface area contributed by atoms with Crippen molar-refractivity contribution in [3.05, 3.63) is 59.7 Å². The van der Waals surface area contributed by atoms with Gasteiger partial charge < -0.3 is 14.4 Å². The summed E-state index contributed by atoms with van der Waals surface area (Å²) in [6, 6.07) is 17.0. The molecule has 0 radical (unpaired) electrons. The summed E-state index contributed by atoms with van der Waals surface area (Å²) in [5.74, 6) is 1.58. The summed E-state index contributed by atoms with van der Waals surface area (Å²) >= 11 is 0. The number of piperidine rings is 1. The van der Waals surface area contributed by atoms with Crippen LogP contribution in [0.2, 0.25) is 0 Å². The summed E-state index contributed by atoms with van der Waals surface area (Å²) < 4.78 is 2.35. The minimum absolute atomic E-state index is 0.175. The monoisotopic (exact) mass is 402 g/mol. The first-order valence-electron chi connectivity index (χ1n) is 11.2. The van der Waals surface area contributed by atoms with E-state index in [1.165, 1.54) is 16.6 Å². The molecule has 1 aromatic heterocycles. The van der Waals surface area contributed by atoms with Gasteiger partial charge >= 0.3 is 0 Å². The van der Waals surface area contributed by atoms with E-state index in [-0.39, 0.29) is 5.92 Å². The van der Waals surface area contributed by atoms with Gasteiger partial charge in [0.1, 0.15) is 0 Å². The van der Waals surface area contributed by atoms with Crippen LogP contribution in [0.1, 0.15) is 36.8 Å². The fraction of sp³-hybridized carbons (Fsp3) is 0.440. The van der Waals surface area contributed by atoms with Crippen molar-refractivity contribution in [2.75, 3.05) is 31.1 Å². The van der Waals surface area contributed by atoms with Gasteiger partial charge in [-0.05, 0) is 55.9 Å². The fourth-order valence-corrected chi connectivity index (χ4v) is 4.94. The number of likely N-dealkylation sites (tertiary alicyclic amines) is 1. The molecule has 2 fully saturated rings. The standard InChI is InChI=1S/C25H30N4O/c1-19-8-2-3-9-21(19)18-29-23-11-5-4-10-22(23)26-25(29)28-16-12-20(13-17-28)24(30)27-14-6-7-15-27/h2-5,8-11,20H,6-7,12-18H2,1H3. The molecule has 1 amide bonds. The van der Waals surface area contributed by atoms with Crippen LogP contribution in [0.5, 0.6) is 0 Å². The second kappa shape index (κ2) is 8.13. The summed E-state index contributed by atoms with van der Waals surface area (Å²) in [5, 5.41) is 0. The van der Waals surface area contributed by atoms with Gasteiger partial charge in [0.25, 0.3) is 0 Å². The number of imidazole rings is 1. The van der Waals surface area contributed by atoms with Crippen LogP contribution in [0, 0.1) is 12.8 Å². The molecule has 2 aliphatic heterocycles. The predicted octanol–water partition coefficient (Wildman–Crippen LogP) is 4.23. The van der Waals surface area contributed by atoms with Gasteiger partial charge in [0.15, 0.2) is 0 Å². The molecule has 0 bridgehead atoms. The smallest absolute Gasteiger partial charge is 0.225 e. The second-order valence-corrected chi connectivity index (χ2v) is 8.71. The molecule has 0 N–H and O–H groups in total. The predicted molar refractivity (Wildman–Crippen MR) is 121 cm³/mol. The highest BCUT2D eigenvalue weighted by Gasteiger charge is 2.31. The number of carbonyl (C=O) groups is 1. The van der Waals surface area contributed by atoms with E-state index in [2.05, 4.69) is 69.8 Å². The molecule has 0 atom stereocenters. The highest BCUT2D eigenvalue weighted by Crippen LogP contribution is 2.29. The van der Waals surface area contributed by atoms with Gasteiger partial charge in [0, 0.05) is 32.1 Å². The van der Waals surface area contributed by atoms with E-state index in [4.69, 9.17) is 4.98 Å². The Bertz CT molecular complexity index is 1040. The van der Waals surface area contributed by atoms with Gasteiger partial charge in [-0.2, -0.15) is 0 Å². The largest absolute Gasteiger partial charge is 0.342 e. The molecule has 0 aliphatic carbocycles. The molecule has 2 saturated heterocycles. The number of hydrogen-bond acceptors (Lipinski definition) is 3. The van der Waals surface area contributed by atoms with Crippen molar-refractivity contribution in [3.63, 3.8) is 0 Å². The van der Waals surface area contributed by atoms with E-state index in [1.807, 2.05) is 0 Å². The number of nitrogens with zero attached hydrogens (tertiary/aromatic N) is 4. The molecular formula is C25H30N4O. The molecular weight excluding hydrogens is 372 g/mol. The number of anilines is 1. The Labute approximate surface area is 178 Å². The van der Waals surface area contributed by atoms with Gasteiger partial charge in [-0.25, -0.2) is 4.98 Å². The Morgan fingerprint density at radius 1 is 0.967 bits per heavy atom. The quantitative estimate of drug-likeness (QED) is 0.656. The Morgan fingerprint density at radius 3 is 2.43 bits per heavy atom. The third-order valence-electron chi connectivity index (χ3n) is 6.77. The van der Waals surface area contributed by atoms with Crippen molar-refractivity contribution in [2.24, 2.45) is 5.92 Å².